The second kappa shape index (κ2) is 6.21. The molecule has 0 saturated carbocycles. The van der Waals surface area contributed by atoms with Crippen molar-refractivity contribution in [1.82, 2.24) is 9.91 Å². The van der Waals surface area contributed by atoms with Gasteiger partial charge in [0.25, 0.3) is 0 Å². The fraction of sp³-hybridized carbons (Fsp3) is 0.529. The normalized spacial score (nSPS) is 21.9. The SMILES string of the molecule is Fc1ccc(N2CC(N3CCOCC3)=C3CCCCN32)cc1Cl. The minimum Gasteiger partial charge on any atom is -0.378 e. The van der Waals surface area contributed by atoms with Crippen molar-refractivity contribution in [1.29, 1.82) is 0 Å². The molecule has 0 aromatic heterocycles. The maximum atomic E-state index is 13.5. The van der Waals surface area contributed by atoms with Crippen LogP contribution in [0.1, 0.15) is 19.3 Å². The van der Waals surface area contributed by atoms with Crippen LogP contribution >= 0.6 is 11.6 Å². The predicted molar refractivity (Wildman–Crippen MR) is 88.7 cm³/mol. The molecule has 0 N–H and O–H groups in total. The fourth-order valence-corrected chi connectivity index (χ4v) is 3.86. The fourth-order valence-electron chi connectivity index (χ4n) is 3.69. The van der Waals surface area contributed by atoms with Gasteiger partial charge in [-0.2, -0.15) is 0 Å². The minimum atomic E-state index is -0.366. The van der Waals surface area contributed by atoms with Crippen LogP contribution in [-0.2, 0) is 4.74 Å². The van der Waals surface area contributed by atoms with E-state index in [0.29, 0.717) is 0 Å². The molecule has 3 heterocycles. The number of hydrazine groups is 1. The van der Waals surface area contributed by atoms with Crippen molar-refractivity contribution >= 4 is 17.3 Å². The number of hydrogen-bond acceptors (Lipinski definition) is 4. The van der Waals surface area contributed by atoms with Crippen LogP contribution < -0.4 is 5.01 Å². The van der Waals surface area contributed by atoms with E-state index < -0.39 is 0 Å². The number of anilines is 1. The number of piperidine rings is 1. The summed E-state index contributed by atoms with van der Waals surface area (Å²) in [6, 6.07) is 5.00. The van der Waals surface area contributed by atoms with E-state index in [1.807, 2.05) is 6.07 Å². The lowest BCUT2D eigenvalue weighted by molar-refractivity contribution is 0.0529. The number of ether oxygens (including phenoxy) is 1. The highest BCUT2D eigenvalue weighted by molar-refractivity contribution is 6.31. The van der Waals surface area contributed by atoms with Gasteiger partial charge in [-0.05, 0) is 37.5 Å². The van der Waals surface area contributed by atoms with Crippen LogP contribution in [0.3, 0.4) is 0 Å². The molecule has 3 aliphatic rings. The van der Waals surface area contributed by atoms with Crippen LogP contribution in [0.5, 0.6) is 0 Å². The number of allylic oxidation sites excluding steroid dienone is 1. The summed E-state index contributed by atoms with van der Waals surface area (Å²) >= 11 is 5.99. The standard InChI is InChI=1S/C17H21ClFN3O/c18-14-11-13(4-5-15(14)19)22-12-17(20-7-9-23-10-8-20)16-3-1-2-6-21(16)22/h4-5,11H,1-3,6-10,12H2. The summed E-state index contributed by atoms with van der Waals surface area (Å²) in [6.07, 6.45) is 3.53. The van der Waals surface area contributed by atoms with Gasteiger partial charge in [0, 0.05) is 19.6 Å². The minimum absolute atomic E-state index is 0.181. The van der Waals surface area contributed by atoms with Crippen LogP contribution in [0.2, 0.25) is 5.02 Å². The van der Waals surface area contributed by atoms with E-state index in [1.165, 1.54) is 30.3 Å². The molecule has 0 aliphatic carbocycles. The summed E-state index contributed by atoms with van der Waals surface area (Å²) in [4.78, 5) is 2.45. The van der Waals surface area contributed by atoms with Crippen LogP contribution in [0.4, 0.5) is 10.1 Å². The lowest BCUT2D eigenvalue weighted by Gasteiger charge is -2.36. The second-order valence-electron chi connectivity index (χ2n) is 6.23. The Bertz CT molecular complexity index is 630. The Morgan fingerprint density at radius 3 is 2.61 bits per heavy atom. The molecule has 0 atom stereocenters. The smallest absolute Gasteiger partial charge is 0.141 e. The van der Waals surface area contributed by atoms with Gasteiger partial charge in [0.1, 0.15) is 5.82 Å². The van der Waals surface area contributed by atoms with Crippen molar-refractivity contribution in [3.05, 3.63) is 40.4 Å². The summed E-state index contributed by atoms with van der Waals surface area (Å²) in [7, 11) is 0. The molecule has 4 nitrogen and oxygen atoms in total. The molecule has 4 rings (SSSR count). The lowest BCUT2D eigenvalue weighted by atomic mass is 10.1. The molecule has 0 bridgehead atoms. The number of hydrogen-bond donors (Lipinski definition) is 0. The molecule has 0 amide bonds. The predicted octanol–water partition coefficient (Wildman–Crippen LogP) is 3.24. The highest BCUT2D eigenvalue weighted by Crippen LogP contribution is 2.37. The third-order valence-electron chi connectivity index (χ3n) is 4.86. The van der Waals surface area contributed by atoms with Gasteiger partial charge in [0.05, 0.1) is 41.9 Å². The molecular weight excluding hydrogens is 317 g/mol. The Balaban J connectivity index is 1.64. The van der Waals surface area contributed by atoms with Gasteiger partial charge in [0.2, 0.25) is 0 Å². The molecule has 124 valence electrons. The number of rotatable bonds is 2. The number of fused-ring (bicyclic) bond motifs is 1. The Labute approximate surface area is 141 Å². The molecular formula is C17H21ClFN3O. The quantitative estimate of drug-likeness (QED) is 0.824. The molecule has 0 unspecified atom stereocenters. The highest BCUT2D eigenvalue weighted by Gasteiger charge is 2.34. The maximum absolute atomic E-state index is 13.5. The Morgan fingerprint density at radius 2 is 1.83 bits per heavy atom. The molecule has 6 heteroatoms. The molecule has 2 saturated heterocycles. The van der Waals surface area contributed by atoms with E-state index in [-0.39, 0.29) is 10.8 Å². The van der Waals surface area contributed by atoms with Crippen LogP contribution in [0, 0.1) is 5.82 Å². The molecule has 2 fully saturated rings. The maximum Gasteiger partial charge on any atom is 0.141 e. The summed E-state index contributed by atoms with van der Waals surface area (Å²) < 4.78 is 19.0. The first-order valence-corrected chi connectivity index (χ1v) is 8.66. The average molecular weight is 338 g/mol. The summed E-state index contributed by atoms with van der Waals surface area (Å²) in [5, 5.41) is 4.78. The van der Waals surface area contributed by atoms with Gasteiger partial charge in [0.15, 0.2) is 0 Å². The number of benzene rings is 1. The average Bonchev–Trinajstić information content (AvgIpc) is 2.98. The van der Waals surface area contributed by atoms with Crippen LogP contribution in [0.15, 0.2) is 29.6 Å². The molecule has 0 radical (unpaired) electrons. The molecule has 1 aromatic carbocycles. The van der Waals surface area contributed by atoms with E-state index >= 15 is 0 Å². The van der Waals surface area contributed by atoms with Gasteiger partial charge >= 0.3 is 0 Å². The molecule has 1 aromatic rings. The Kier molecular flexibility index (Phi) is 4.07. The van der Waals surface area contributed by atoms with Gasteiger partial charge < -0.3 is 9.64 Å². The Morgan fingerprint density at radius 1 is 1.00 bits per heavy atom. The lowest BCUT2D eigenvalue weighted by Crippen LogP contribution is -2.40. The number of morpholine rings is 1. The largest absolute Gasteiger partial charge is 0.378 e. The zero-order chi connectivity index (χ0) is 15.8. The van der Waals surface area contributed by atoms with Gasteiger partial charge in [-0.3, -0.25) is 10.0 Å². The first kappa shape index (κ1) is 15.1. The summed E-state index contributed by atoms with van der Waals surface area (Å²) in [5.74, 6) is -0.366. The third-order valence-corrected chi connectivity index (χ3v) is 5.15. The van der Waals surface area contributed by atoms with E-state index in [0.717, 1.165) is 51.5 Å². The van der Waals surface area contributed by atoms with E-state index in [4.69, 9.17) is 16.3 Å². The first-order valence-electron chi connectivity index (χ1n) is 8.29. The zero-order valence-electron chi connectivity index (χ0n) is 13.1. The third kappa shape index (κ3) is 2.76. The van der Waals surface area contributed by atoms with Gasteiger partial charge in [-0.1, -0.05) is 11.6 Å². The highest BCUT2D eigenvalue weighted by atomic mass is 35.5. The van der Waals surface area contributed by atoms with Crippen LogP contribution in [-0.4, -0.2) is 49.3 Å². The summed E-state index contributed by atoms with van der Waals surface area (Å²) in [6.45, 7) is 5.32. The van der Waals surface area contributed by atoms with Crippen molar-refractivity contribution in [3.63, 3.8) is 0 Å². The zero-order valence-corrected chi connectivity index (χ0v) is 13.9. The number of nitrogens with zero attached hydrogens (tertiary/aromatic N) is 3. The van der Waals surface area contributed by atoms with Crippen molar-refractivity contribution in [3.8, 4) is 0 Å². The van der Waals surface area contributed by atoms with Gasteiger partial charge in [-0.25, -0.2) is 4.39 Å². The number of halogens is 2. The van der Waals surface area contributed by atoms with Crippen molar-refractivity contribution < 1.29 is 9.13 Å². The van der Waals surface area contributed by atoms with Crippen LogP contribution in [0.25, 0.3) is 0 Å². The van der Waals surface area contributed by atoms with E-state index in [1.54, 1.807) is 6.07 Å². The molecule has 3 aliphatic heterocycles. The molecule has 23 heavy (non-hydrogen) atoms. The topological polar surface area (TPSA) is 19.0 Å². The van der Waals surface area contributed by atoms with Crippen molar-refractivity contribution in [2.45, 2.75) is 19.3 Å². The van der Waals surface area contributed by atoms with Gasteiger partial charge in [-0.15, -0.1) is 0 Å². The first-order chi connectivity index (χ1) is 11.2. The van der Waals surface area contributed by atoms with E-state index in [2.05, 4.69) is 14.9 Å². The van der Waals surface area contributed by atoms with Crippen molar-refractivity contribution in [2.24, 2.45) is 0 Å². The second-order valence-corrected chi connectivity index (χ2v) is 6.64. The van der Waals surface area contributed by atoms with Crippen molar-refractivity contribution in [2.75, 3.05) is 44.4 Å². The molecule has 0 spiro atoms. The Hall–Kier alpha value is -1.46. The van der Waals surface area contributed by atoms with E-state index in [9.17, 15) is 4.39 Å². The summed E-state index contributed by atoms with van der Waals surface area (Å²) in [5.41, 5.74) is 3.77. The monoisotopic (exact) mass is 337 g/mol.